The third-order valence-corrected chi connectivity index (χ3v) is 2.38. The van der Waals surface area contributed by atoms with Crippen LogP contribution >= 0.6 is 0 Å². The summed E-state index contributed by atoms with van der Waals surface area (Å²) in [7, 11) is 0. The molecule has 0 aromatic heterocycles. The molecule has 2 nitrogen and oxygen atoms in total. The normalized spacial score (nSPS) is 21.4. The molecule has 1 heterocycles. The van der Waals surface area contributed by atoms with Crippen molar-refractivity contribution in [2.75, 3.05) is 6.61 Å². The molecule has 0 radical (unpaired) electrons. The van der Waals surface area contributed by atoms with Gasteiger partial charge in [-0.05, 0) is 30.2 Å². The summed E-state index contributed by atoms with van der Waals surface area (Å²) in [4.78, 5) is 4.82. The molecule has 1 aliphatic rings. The van der Waals surface area contributed by atoms with Gasteiger partial charge in [0.15, 0.2) is 0 Å². The lowest BCUT2D eigenvalue weighted by Gasteiger charge is -2.13. The predicted octanol–water partition coefficient (Wildman–Crippen LogP) is 2.81. The zero-order valence-electron chi connectivity index (χ0n) is 8.14. The summed E-state index contributed by atoms with van der Waals surface area (Å²) < 4.78 is 50.3. The van der Waals surface area contributed by atoms with Crippen LogP contribution in [-0.2, 0) is 11.0 Å². The van der Waals surface area contributed by atoms with Crippen molar-refractivity contribution in [1.82, 2.24) is 5.48 Å². The van der Waals surface area contributed by atoms with E-state index in [0.717, 1.165) is 12.1 Å². The van der Waals surface area contributed by atoms with Crippen LogP contribution < -0.4 is 5.48 Å². The molecule has 1 aromatic rings. The highest BCUT2D eigenvalue weighted by atomic mass is 19.4. The second-order valence-corrected chi connectivity index (χ2v) is 3.58. The Morgan fingerprint density at radius 3 is 2.56 bits per heavy atom. The first-order chi connectivity index (χ1) is 7.47. The minimum Gasteiger partial charge on any atom is -0.301 e. The molecule has 2 rings (SSSR count). The van der Waals surface area contributed by atoms with Crippen LogP contribution in [-0.4, -0.2) is 6.61 Å². The molecule has 1 aliphatic heterocycles. The minimum atomic E-state index is -4.53. The number of hydrogen-bond acceptors (Lipinski definition) is 2. The maximum atomic E-state index is 13.0. The molecular weight excluding hydrogens is 226 g/mol. The van der Waals surface area contributed by atoms with Crippen molar-refractivity contribution in [3.05, 3.63) is 35.1 Å². The van der Waals surface area contributed by atoms with Crippen molar-refractivity contribution in [1.29, 1.82) is 0 Å². The second-order valence-electron chi connectivity index (χ2n) is 3.58. The lowest BCUT2D eigenvalue weighted by molar-refractivity contribution is -0.137. The highest BCUT2D eigenvalue weighted by Gasteiger charge is 2.32. The lowest BCUT2D eigenvalue weighted by atomic mass is 10.0. The average Bonchev–Trinajstić information content (AvgIpc) is 2.68. The zero-order chi connectivity index (χ0) is 11.8. The second kappa shape index (κ2) is 4.03. The number of halogens is 4. The Morgan fingerprint density at radius 1 is 1.25 bits per heavy atom. The van der Waals surface area contributed by atoms with Crippen LogP contribution in [0.1, 0.15) is 23.6 Å². The summed E-state index contributed by atoms with van der Waals surface area (Å²) in [6.45, 7) is 0.405. The lowest BCUT2D eigenvalue weighted by Crippen LogP contribution is -2.14. The maximum absolute atomic E-state index is 13.0. The van der Waals surface area contributed by atoms with Gasteiger partial charge in [0.05, 0.1) is 18.2 Å². The summed E-state index contributed by atoms with van der Waals surface area (Å²) in [5.74, 6) is -0.890. The Morgan fingerprint density at radius 2 is 2.00 bits per heavy atom. The molecule has 1 N–H and O–H groups in total. The molecule has 0 amide bonds. The highest BCUT2D eigenvalue weighted by Crippen LogP contribution is 2.32. The molecule has 0 spiro atoms. The molecular formula is C10H9F4NO. The summed E-state index contributed by atoms with van der Waals surface area (Å²) in [6.07, 6.45) is -4.00. The molecule has 0 saturated carbocycles. The van der Waals surface area contributed by atoms with Crippen molar-refractivity contribution >= 4 is 0 Å². The van der Waals surface area contributed by atoms with Gasteiger partial charge < -0.3 is 4.84 Å². The fourth-order valence-corrected chi connectivity index (χ4v) is 1.61. The molecule has 1 aromatic carbocycles. The molecule has 1 saturated heterocycles. The van der Waals surface area contributed by atoms with E-state index >= 15 is 0 Å². The Bertz CT molecular complexity index is 385. The van der Waals surface area contributed by atoms with E-state index in [-0.39, 0.29) is 11.6 Å². The van der Waals surface area contributed by atoms with Crippen LogP contribution in [0.4, 0.5) is 17.6 Å². The Hall–Kier alpha value is -1.14. The monoisotopic (exact) mass is 235 g/mol. The van der Waals surface area contributed by atoms with E-state index in [4.69, 9.17) is 4.84 Å². The predicted molar refractivity (Wildman–Crippen MR) is 47.8 cm³/mol. The molecule has 1 atom stereocenters. The van der Waals surface area contributed by atoms with Crippen molar-refractivity contribution in [3.63, 3.8) is 0 Å². The standard InChI is InChI=1S/C10H9F4NO/c11-8-4-6(9-1-2-16-15-9)3-7(5-8)10(12,13)14/h3-5,9,15H,1-2H2/t9-/m1/s1. The Balaban J connectivity index is 2.35. The third kappa shape index (κ3) is 2.33. The SMILES string of the molecule is Fc1cc([C@H]2CCON2)cc(C(F)(F)F)c1. The van der Waals surface area contributed by atoms with Crippen LogP contribution in [0.2, 0.25) is 0 Å². The van der Waals surface area contributed by atoms with E-state index in [9.17, 15) is 17.6 Å². The number of hydroxylamine groups is 1. The van der Waals surface area contributed by atoms with Gasteiger partial charge in [0, 0.05) is 0 Å². The molecule has 0 aliphatic carbocycles. The highest BCUT2D eigenvalue weighted by molar-refractivity contribution is 5.29. The number of alkyl halides is 3. The number of hydrogen-bond donors (Lipinski definition) is 1. The zero-order valence-corrected chi connectivity index (χ0v) is 8.14. The van der Waals surface area contributed by atoms with E-state index in [0.29, 0.717) is 19.1 Å². The topological polar surface area (TPSA) is 21.3 Å². The van der Waals surface area contributed by atoms with Gasteiger partial charge in [0.25, 0.3) is 0 Å². The van der Waals surface area contributed by atoms with E-state index in [1.54, 1.807) is 0 Å². The van der Waals surface area contributed by atoms with Gasteiger partial charge in [0.2, 0.25) is 0 Å². The van der Waals surface area contributed by atoms with Gasteiger partial charge in [-0.25, -0.2) is 4.39 Å². The van der Waals surface area contributed by atoms with Crippen LogP contribution in [0.15, 0.2) is 18.2 Å². The molecule has 1 fully saturated rings. The number of nitrogens with one attached hydrogen (secondary N) is 1. The Labute approximate surface area is 89.2 Å². The number of benzene rings is 1. The van der Waals surface area contributed by atoms with Crippen molar-refractivity contribution in [2.45, 2.75) is 18.6 Å². The van der Waals surface area contributed by atoms with Crippen LogP contribution in [0.5, 0.6) is 0 Å². The summed E-state index contributed by atoms with van der Waals surface area (Å²) >= 11 is 0. The van der Waals surface area contributed by atoms with Gasteiger partial charge >= 0.3 is 6.18 Å². The summed E-state index contributed by atoms with van der Waals surface area (Å²) in [6, 6.07) is 2.13. The van der Waals surface area contributed by atoms with Gasteiger partial charge in [-0.2, -0.15) is 18.7 Å². The minimum absolute atomic E-state index is 0.254. The molecule has 0 bridgehead atoms. The Kier molecular flexibility index (Phi) is 2.86. The fourth-order valence-electron chi connectivity index (χ4n) is 1.61. The fraction of sp³-hybridized carbons (Fsp3) is 0.400. The van der Waals surface area contributed by atoms with E-state index < -0.39 is 17.6 Å². The summed E-state index contributed by atoms with van der Waals surface area (Å²) in [5.41, 5.74) is 1.82. The smallest absolute Gasteiger partial charge is 0.301 e. The van der Waals surface area contributed by atoms with Gasteiger partial charge in [-0.3, -0.25) is 0 Å². The average molecular weight is 235 g/mol. The first kappa shape index (κ1) is 11.3. The van der Waals surface area contributed by atoms with Crippen molar-refractivity contribution in [2.24, 2.45) is 0 Å². The summed E-state index contributed by atoms with van der Waals surface area (Å²) in [5, 5.41) is 0. The van der Waals surface area contributed by atoms with Gasteiger partial charge in [-0.1, -0.05) is 0 Å². The van der Waals surface area contributed by atoms with E-state index in [2.05, 4.69) is 5.48 Å². The van der Waals surface area contributed by atoms with Crippen molar-refractivity contribution in [3.8, 4) is 0 Å². The molecule has 0 unspecified atom stereocenters. The van der Waals surface area contributed by atoms with Crippen molar-refractivity contribution < 1.29 is 22.4 Å². The maximum Gasteiger partial charge on any atom is 0.416 e. The molecule has 88 valence electrons. The van der Waals surface area contributed by atoms with E-state index in [1.807, 2.05) is 0 Å². The molecule has 16 heavy (non-hydrogen) atoms. The quantitative estimate of drug-likeness (QED) is 0.756. The van der Waals surface area contributed by atoms with Gasteiger partial charge in [-0.15, -0.1) is 0 Å². The van der Waals surface area contributed by atoms with Crippen LogP contribution in [0.25, 0.3) is 0 Å². The van der Waals surface area contributed by atoms with Crippen LogP contribution in [0.3, 0.4) is 0 Å². The first-order valence-electron chi connectivity index (χ1n) is 4.72. The molecule has 6 heteroatoms. The largest absolute Gasteiger partial charge is 0.416 e. The first-order valence-corrected chi connectivity index (χ1v) is 4.72. The van der Waals surface area contributed by atoms with E-state index in [1.165, 1.54) is 0 Å². The third-order valence-electron chi connectivity index (χ3n) is 2.38. The number of rotatable bonds is 1. The van der Waals surface area contributed by atoms with Gasteiger partial charge in [0.1, 0.15) is 5.82 Å². The van der Waals surface area contributed by atoms with Crippen LogP contribution in [0, 0.1) is 5.82 Å².